The highest BCUT2D eigenvalue weighted by atomic mass is 32.2. The first-order valence-corrected chi connectivity index (χ1v) is 10.1. The van der Waals surface area contributed by atoms with Crippen molar-refractivity contribution in [3.63, 3.8) is 0 Å². The predicted octanol–water partition coefficient (Wildman–Crippen LogP) is 7.04. The van der Waals surface area contributed by atoms with Gasteiger partial charge in [-0.05, 0) is 42.3 Å². The second-order valence-corrected chi connectivity index (χ2v) is 7.83. The summed E-state index contributed by atoms with van der Waals surface area (Å²) in [6.45, 7) is 2.09. The van der Waals surface area contributed by atoms with E-state index >= 15 is 0 Å². The highest BCUT2D eigenvalue weighted by Crippen LogP contribution is 2.31. The van der Waals surface area contributed by atoms with E-state index in [2.05, 4.69) is 55.5 Å². The number of carbonyl (C=O) groups is 1. The third kappa shape index (κ3) is 4.08. The lowest BCUT2D eigenvalue weighted by Crippen LogP contribution is -2.03. The molecule has 0 N–H and O–H groups in total. The fourth-order valence-corrected chi connectivity index (χ4v) is 3.94. The summed E-state index contributed by atoms with van der Waals surface area (Å²) in [7, 11) is 0. The second kappa shape index (κ2) is 8.28. The molecule has 0 aliphatic carbocycles. The van der Waals surface area contributed by atoms with Crippen LogP contribution in [0.2, 0.25) is 0 Å². The van der Waals surface area contributed by atoms with Gasteiger partial charge in [0.1, 0.15) is 0 Å². The molecule has 0 amide bonds. The number of hydrogen-bond donors (Lipinski definition) is 0. The summed E-state index contributed by atoms with van der Waals surface area (Å²) in [6, 6.07) is 34.2. The molecule has 0 saturated carbocycles. The minimum Gasteiger partial charge on any atom is -0.289 e. The molecule has 4 aromatic carbocycles. The zero-order valence-electron chi connectivity index (χ0n) is 15.6. The first-order chi connectivity index (χ1) is 13.7. The van der Waals surface area contributed by atoms with E-state index in [-0.39, 0.29) is 5.78 Å². The minimum absolute atomic E-state index is 0.0503. The number of ketones is 1. The normalized spacial score (nSPS) is 10.6. The summed E-state index contributed by atoms with van der Waals surface area (Å²) >= 11 is 1.74. The van der Waals surface area contributed by atoms with Crippen molar-refractivity contribution in [2.75, 3.05) is 0 Å². The van der Waals surface area contributed by atoms with E-state index in [9.17, 15) is 4.79 Å². The number of benzene rings is 4. The fourth-order valence-electron chi connectivity index (χ4n) is 3.12. The van der Waals surface area contributed by atoms with Gasteiger partial charge in [-0.15, -0.1) is 0 Å². The molecule has 0 saturated heterocycles. The molecule has 0 aromatic heterocycles. The Balaban J connectivity index is 1.61. The highest BCUT2D eigenvalue weighted by Gasteiger charge is 2.14. The molecule has 4 rings (SSSR count). The third-order valence-electron chi connectivity index (χ3n) is 4.63. The lowest BCUT2D eigenvalue weighted by molar-refractivity contribution is 0.103. The maximum Gasteiger partial charge on any atom is 0.193 e. The van der Waals surface area contributed by atoms with Gasteiger partial charge in [0.15, 0.2) is 5.78 Å². The SMILES string of the molecule is Cc1ccc(Sc2ccc(-c3ccccc3C(=O)c3ccccc3)cc2)cc1. The number of hydrogen-bond acceptors (Lipinski definition) is 2. The van der Waals surface area contributed by atoms with Crippen LogP contribution in [0.15, 0.2) is 113 Å². The molecule has 0 aliphatic heterocycles. The summed E-state index contributed by atoms with van der Waals surface area (Å²) in [6.07, 6.45) is 0. The van der Waals surface area contributed by atoms with Crippen LogP contribution < -0.4 is 0 Å². The molecule has 0 heterocycles. The van der Waals surface area contributed by atoms with Crippen LogP contribution in [0.1, 0.15) is 21.5 Å². The van der Waals surface area contributed by atoms with Gasteiger partial charge in [0.2, 0.25) is 0 Å². The maximum absolute atomic E-state index is 13.0. The molecule has 0 unspecified atom stereocenters. The molecule has 0 atom stereocenters. The van der Waals surface area contributed by atoms with Crippen LogP contribution in [0.5, 0.6) is 0 Å². The molecule has 0 radical (unpaired) electrons. The van der Waals surface area contributed by atoms with Crippen molar-refractivity contribution in [3.05, 3.63) is 120 Å². The number of rotatable bonds is 5. The van der Waals surface area contributed by atoms with Crippen LogP contribution in [0.3, 0.4) is 0 Å². The lowest BCUT2D eigenvalue weighted by Gasteiger charge is -2.10. The van der Waals surface area contributed by atoms with Gasteiger partial charge in [0.25, 0.3) is 0 Å². The van der Waals surface area contributed by atoms with Gasteiger partial charge < -0.3 is 0 Å². The summed E-state index contributed by atoms with van der Waals surface area (Å²) in [5.74, 6) is 0.0503. The molecule has 4 aromatic rings. The Morgan fingerprint density at radius 3 is 1.89 bits per heavy atom. The first kappa shape index (κ1) is 18.3. The third-order valence-corrected chi connectivity index (χ3v) is 5.65. The van der Waals surface area contributed by atoms with Crippen LogP contribution in [0.4, 0.5) is 0 Å². The lowest BCUT2D eigenvalue weighted by atomic mass is 9.94. The van der Waals surface area contributed by atoms with Crippen LogP contribution in [-0.2, 0) is 0 Å². The Morgan fingerprint density at radius 2 is 1.21 bits per heavy atom. The standard InChI is InChI=1S/C26H20OS/c1-19-11-15-22(16-12-19)28-23-17-13-20(14-18-23)24-9-5-6-10-25(24)26(27)21-7-3-2-4-8-21/h2-18H,1H3. The van der Waals surface area contributed by atoms with Gasteiger partial charge in [0.05, 0.1) is 0 Å². The average molecular weight is 381 g/mol. The summed E-state index contributed by atoms with van der Waals surface area (Å²) in [4.78, 5) is 15.4. The van der Waals surface area contributed by atoms with Gasteiger partial charge in [-0.25, -0.2) is 0 Å². The summed E-state index contributed by atoms with van der Waals surface area (Å²) < 4.78 is 0. The van der Waals surface area contributed by atoms with Gasteiger partial charge in [0, 0.05) is 20.9 Å². The minimum atomic E-state index is 0.0503. The van der Waals surface area contributed by atoms with E-state index < -0.39 is 0 Å². The monoisotopic (exact) mass is 380 g/mol. The van der Waals surface area contributed by atoms with Crippen molar-refractivity contribution < 1.29 is 4.79 Å². The van der Waals surface area contributed by atoms with Crippen molar-refractivity contribution in [1.29, 1.82) is 0 Å². The number of carbonyl (C=O) groups excluding carboxylic acids is 1. The molecule has 0 spiro atoms. The zero-order valence-corrected chi connectivity index (χ0v) is 16.4. The maximum atomic E-state index is 13.0. The van der Waals surface area contributed by atoms with Crippen molar-refractivity contribution in [2.45, 2.75) is 16.7 Å². The van der Waals surface area contributed by atoms with Crippen molar-refractivity contribution >= 4 is 17.5 Å². The molecule has 28 heavy (non-hydrogen) atoms. The Bertz CT molecular complexity index is 1080. The molecule has 0 aliphatic rings. The highest BCUT2D eigenvalue weighted by molar-refractivity contribution is 7.99. The van der Waals surface area contributed by atoms with Gasteiger partial charge >= 0.3 is 0 Å². The molecule has 0 bridgehead atoms. The molecule has 2 heteroatoms. The van der Waals surface area contributed by atoms with Crippen LogP contribution in [0.25, 0.3) is 11.1 Å². The van der Waals surface area contributed by atoms with Gasteiger partial charge in [-0.3, -0.25) is 4.79 Å². The van der Waals surface area contributed by atoms with E-state index in [1.165, 1.54) is 15.4 Å². The van der Waals surface area contributed by atoms with Crippen molar-refractivity contribution in [1.82, 2.24) is 0 Å². The molecule has 136 valence electrons. The van der Waals surface area contributed by atoms with Gasteiger partial charge in [-0.1, -0.05) is 96.2 Å². The quantitative estimate of drug-likeness (QED) is 0.345. The Hall–Kier alpha value is -3.10. The summed E-state index contributed by atoms with van der Waals surface area (Å²) in [5, 5.41) is 0. The van der Waals surface area contributed by atoms with E-state index in [4.69, 9.17) is 0 Å². The Labute approximate surface area is 170 Å². The predicted molar refractivity (Wildman–Crippen MR) is 117 cm³/mol. The van der Waals surface area contributed by atoms with Crippen LogP contribution in [0, 0.1) is 6.92 Å². The van der Waals surface area contributed by atoms with E-state index in [0.29, 0.717) is 5.56 Å². The van der Waals surface area contributed by atoms with Crippen molar-refractivity contribution in [3.8, 4) is 11.1 Å². The topological polar surface area (TPSA) is 17.1 Å². The smallest absolute Gasteiger partial charge is 0.193 e. The molecule has 1 nitrogen and oxygen atoms in total. The first-order valence-electron chi connectivity index (χ1n) is 9.24. The van der Waals surface area contributed by atoms with E-state index in [1.807, 2.05) is 54.6 Å². The van der Waals surface area contributed by atoms with Gasteiger partial charge in [-0.2, -0.15) is 0 Å². The Morgan fingerprint density at radius 1 is 0.643 bits per heavy atom. The Kier molecular flexibility index (Phi) is 5.41. The second-order valence-electron chi connectivity index (χ2n) is 6.68. The van der Waals surface area contributed by atoms with E-state index in [1.54, 1.807) is 11.8 Å². The summed E-state index contributed by atoms with van der Waals surface area (Å²) in [5.41, 5.74) is 4.71. The van der Waals surface area contributed by atoms with Crippen LogP contribution >= 0.6 is 11.8 Å². The molecular weight excluding hydrogens is 360 g/mol. The number of aryl methyl sites for hydroxylation is 1. The van der Waals surface area contributed by atoms with Crippen molar-refractivity contribution in [2.24, 2.45) is 0 Å². The van der Waals surface area contributed by atoms with E-state index in [0.717, 1.165) is 16.7 Å². The zero-order chi connectivity index (χ0) is 19.3. The average Bonchev–Trinajstić information content (AvgIpc) is 2.76. The molecular formula is C26H20OS. The van der Waals surface area contributed by atoms with Crippen LogP contribution in [-0.4, -0.2) is 5.78 Å². The molecule has 0 fully saturated rings. The largest absolute Gasteiger partial charge is 0.289 e. The fraction of sp³-hybridized carbons (Fsp3) is 0.0385.